The first-order valence-corrected chi connectivity index (χ1v) is 4.70. The van der Waals surface area contributed by atoms with Crippen molar-refractivity contribution in [2.24, 2.45) is 12.8 Å². The van der Waals surface area contributed by atoms with E-state index in [1.54, 1.807) is 10.7 Å². The Kier molecular flexibility index (Phi) is 2.00. The number of nitrogens with one attached hydrogen (secondary N) is 1. The summed E-state index contributed by atoms with van der Waals surface area (Å²) in [5, 5.41) is 2.71. The largest absolute Gasteiger partial charge is 0.327 e. The molecule has 1 aliphatic rings. The predicted octanol–water partition coefficient (Wildman–Crippen LogP) is 0.308. The minimum atomic E-state index is -0.0309. The van der Waals surface area contributed by atoms with Crippen LogP contribution < -0.4 is 11.3 Å². The third kappa shape index (κ3) is 1.42. The fourth-order valence-corrected chi connectivity index (χ4v) is 2.20. The number of hydrogen-bond acceptors (Lipinski definition) is 2. The van der Waals surface area contributed by atoms with Gasteiger partial charge in [-0.05, 0) is 12.8 Å². The van der Waals surface area contributed by atoms with Crippen LogP contribution in [0.1, 0.15) is 30.9 Å². The lowest BCUT2D eigenvalue weighted by atomic mass is 10.0. The number of aromatic amines is 1. The van der Waals surface area contributed by atoms with Gasteiger partial charge in [0.1, 0.15) is 0 Å². The Labute approximate surface area is 76.7 Å². The molecule has 0 aromatic carbocycles. The molecule has 1 saturated carbocycles. The fourth-order valence-electron chi connectivity index (χ4n) is 2.20. The molecule has 0 aliphatic heterocycles. The minimum Gasteiger partial charge on any atom is -0.327 e. The lowest BCUT2D eigenvalue weighted by molar-refractivity contribution is 0.558. The molecule has 0 spiro atoms. The van der Waals surface area contributed by atoms with E-state index in [9.17, 15) is 4.79 Å². The summed E-state index contributed by atoms with van der Waals surface area (Å²) in [6, 6.07) is 1.89. The Morgan fingerprint density at radius 2 is 2.38 bits per heavy atom. The SMILES string of the molecule is Cn1[nH]c(=O)cc1C1CCCC1N. The lowest BCUT2D eigenvalue weighted by Crippen LogP contribution is -2.24. The van der Waals surface area contributed by atoms with Crippen LogP contribution in [0.3, 0.4) is 0 Å². The summed E-state index contributed by atoms with van der Waals surface area (Å²) in [6.07, 6.45) is 3.35. The van der Waals surface area contributed by atoms with E-state index in [0.29, 0.717) is 5.92 Å². The van der Waals surface area contributed by atoms with Crippen LogP contribution >= 0.6 is 0 Å². The van der Waals surface area contributed by atoms with E-state index in [1.807, 2.05) is 7.05 Å². The van der Waals surface area contributed by atoms with Gasteiger partial charge < -0.3 is 5.73 Å². The van der Waals surface area contributed by atoms with Crippen LogP contribution in [0.5, 0.6) is 0 Å². The van der Waals surface area contributed by atoms with E-state index in [1.165, 1.54) is 6.42 Å². The quantitative estimate of drug-likeness (QED) is 0.655. The topological polar surface area (TPSA) is 63.8 Å². The molecular formula is C9H15N3O. The Bertz CT molecular complexity index is 352. The van der Waals surface area contributed by atoms with Gasteiger partial charge in [0.05, 0.1) is 0 Å². The van der Waals surface area contributed by atoms with Crippen LogP contribution in [0.15, 0.2) is 10.9 Å². The Balaban J connectivity index is 2.34. The molecule has 13 heavy (non-hydrogen) atoms. The first-order valence-electron chi connectivity index (χ1n) is 4.70. The van der Waals surface area contributed by atoms with E-state index in [-0.39, 0.29) is 11.6 Å². The van der Waals surface area contributed by atoms with Crippen LogP contribution in [0, 0.1) is 0 Å². The molecule has 4 nitrogen and oxygen atoms in total. The van der Waals surface area contributed by atoms with Gasteiger partial charge in [0.15, 0.2) is 0 Å². The van der Waals surface area contributed by atoms with Crippen molar-refractivity contribution in [1.82, 2.24) is 9.78 Å². The molecule has 0 amide bonds. The second-order valence-corrected chi connectivity index (χ2v) is 3.81. The number of hydrogen-bond donors (Lipinski definition) is 2. The van der Waals surface area contributed by atoms with E-state index in [0.717, 1.165) is 18.5 Å². The van der Waals surface area contributed by atoms with Crippen molar-refractivity contribution in [2.75, 3.05) is 0 Å². The minimum absolute atomic E-state index is 0.0309. The zero-order chi connectivity index (χ0) is 9.42. The molecule has 1 aromatic rings. The predicted molar refractivity (Wildman–Crippen MR) is 50.6 cm³/mol. The Hall–Kier alpha value is -1.03. The third-order valence-electron chi connectivity index (χ3n) is 2.89. The molecule has 72 valence electrons. The van der Waals surface area contributed by atoms with Gasteiger partial charge in [-0.2, -0.15) is 0 Å². The summed E-state index contributed by atoms with van der Waals surface area (Å²) in [5.41, 5.74) is 6.98. The maximum absolute atomic E-state index is 11.1. The summed E-state index contributed by atoms with van der Waals surface area (Å²) in [6.45, 7) is 0. The van der Waals surface area contributed by atoms with Crippen molar-refractivity contribution in [3.05, 3.63) is 22.1 Å². The number of nitrogens with two attached hydrogens (primary N) is 1. The van der Waals surface area contributed by atoms with Gasteiger partial charge in [-0.15, -0.1) is 0 Å². The van der Waals surface area contributed by atoms with Gasteiger partial charge in [0, 0.05) is 30.8 Å². The standard InChI is InChI=1S/C9H15N3O/c1-12-8(5-9(13)11-12)6-3-2-4-7(6)10/h5-7H,2-4,10H2,1H3,(H,11,13). The van der Waals surface area contributed by atoms with Crippen LogP contribution in [-0.4, -0.2) is 15.8 Å². The van der Waals surface area contributed by atoms with Crippen molar-refractivity contribution in [3.63, 3.8) is 0 Å². The van der Waals surface area contributed by atoms with Crippen LogP contribution in [0.4, 0.5) is 0 Å². The molecule has 2 unspecified atom stereocenters. The maximum atomic E-state index is 11.1. The van der Waals surface area contributed by atoms with Crippen LogP contribution in [-0.2, 0) is 7.05 Å². The highest BCUT2D eigenvalue weighted by Crippen LogP contribution is 2.32. The molecule has 1 aliphatic carbocycles. The molecule has 3 N–H and O–H groups in total. The first-order chi connectivity index (χ1) is 6.18. The maximum Gasteiger partial charge on any atom is 0.264 e. The third-order valence-corrected chi connectivity index (χ3v) is 2.89. The van der Waals surface area contributed by atoms with Crippen LogP contribution in [0.2, 0.25) is 0 Å². The molecule has 1 heterocycles. The smallest absolute Gasteiger partial charge is 0.264 e. The monoisotopic (exact) mass is 181 g/mol. The normalized spacial score (nSPS) is 28.2. The fraction of sp³-hybridized carbons (Fsp3) is 0.667. The van der Waals surface area contributed by atoms with Crippen molar-refractivity contribution >= 4 is 0 Å². The van der Waals surface area contributed by atoms with Gasteiger partial charge in [-0.25, -0.2) is 0 Å². The first kappa shape index (κ1) is 8.56. The van der Waals surface area contributed by atoms with Crippen molar-refractivity contribution < 1.29 is 0 Å². The number of aryl methyl sites for hydroxylation is 1. The van der Waals surface area contributed by atoms with E-state index < -0.39 is 0 Å². The Morgan fingerprint density at radius 3 is 2.85 bits per heavy atom. The van der Waals surface area contributed by atoms with Gasteiger partial charge in [0.25, 0.3) is 5.56 Å². The summed E-state index contributed by atoms with van der Waals surface area (Å²) in [5.74, 6) is 0.365. The highest BCUT2D eigenvalue weighted by Gasteiger charge is 2.27. The number of aromatic nitrogens is 2. The highest BCUT2D eigenvalue weighted by atomic mass is 16.1. The zero-order valence-corrected chi connectivity index (χ0v) is 7.79. The highest BCUT2D eigenvalue weighted by molar-refractivity contribution is 5.12. The average Bonchev–Trinajstić information content (AvgIpc) is 2.58. The molecule has 0 radical (unpaired) electrons. The molecule has 0 bridgehead atoms. The summed E-state index contributed by atoms with van der Waals surface area (Å²) in [7, 11) is 1.86. The summed E-state index contributed by atoms with van der Waals surface area (Å²) >= 11 is 0. The van der Waals surface area contributed by atoms with E-state index in [2.05, 4.69) is 5.10 Å². The second-order valence-electron chi connectivity index (χ2n) is 3.81. The van der Waals surface area contributed by atoms with Gasteiger partial charge >= 0.3 is 0 Å². The summed E-state index contributed by atoms with van der Waals surface area (Å²) < 4.78 is 1.79. The number of nitrogens with zero attached hydrogens (tertiary/aromatic N) is 1. The molecule has 2 rings (SSSR count). The van der Waals surface area contributed by atoms with E-state index >= 15 is 0 Å². The Morgan fingerprint density at radius 1 is 1.62 bits per heavy atom. The molecular weight excluding hydrogens is 166 g/mol. The molecule has 1 fully saturated rings. The molecule has 2 atom stereocenters. The lowest BCUT2D eigenvalue weighted by Gasteiger charge is -2.15. The van der Waals surface area contributed by atoms with Crippen molar-refractivity contribution in [3.8, 4) is 0 Å². The zero-order valence-electron chi connectivity index (χ0n) is 7.79. The van der Waals surface area contributed by atoms with Crippen LogP contribution in [0.25, 0.3) is 0 Å². The number of rotatable bonds is 1. The van der Waals surface area contributed by atoms with Crippen molar-refractivity contribution in [1.29, 1.82) is 0 Å². The average molecular weight is 181 g/mol. The molecule has 0 saturated heterocycles. The number of H-pyrrole nitrogens is 1. The molecule has 4 heteroatoms. The second kappa shape index (κ2) is 3.03. The van der Waals surface area contributed by atoms with Crippen molar-refractivity contribution in [2.45, 2.75) is 31.2 Å². The van der Waals surface area contributed by atoms with Gasteiger partial charge in [0.2, 0.25) is 0 Å². The van der Waals surface area contributed by atoms with Gasteiger partial charge in [-0.3, -0.25) is 14.6 Å². The summed E-state index contributed by atoms with van der Waals surface area (Å²) in [4.78, 5) is 11.1. The molecule has 1 aromatic heterocycles. The van der Waals surface area contributed by atoms with E-state index in [4.69, 9.17) is 5.73 Å². The van der Waals surface area contributed by atoms with Gasteiger partial charge in [-0.1, -0.05) is 6.42 Å².